The third kappa shape index (κ3) is 5.12. The van der Waals surface area contributed by atoms with Crippen LogP contribution in [0, 0.1) is 0 Å². The van der Waals surface area contributed by atoms with Gasteiger partial charge < -0.3 is 9.32 Å². The lowest BCUT2D eigenvalue weighted by Gasteiger charge is -2.29. The summed E-state index contributed by atoms with van der Waals surface area (Å²) < 4.78 is 6.66. The fourth-order valence-corrected chi connectivity index (χ4v) is 7.91. The van der Waals surface area contributed by atoms with E-state index in [0.717, 1.165) is 55.7 Å². The van der Waals surface area contributed by atoms with Crippen LogP contribution in [0.5, 0.6) is 0 Å². The van der Waals surface area contributed by atoms with Crippen LogP contribution in [0.25, 0.3) is 67.2 Å². The van der Waals surface area contributed by atoms with Gasteiger partial charge in [-0.1, -0.05) is 141 Å². The van der Waals surface area contributed by atoms with E-state index in [1.807, 2.05) is 72.8 Å². The third-order valence-electron chi connectivity index (χ3n) is 10.5. The minimum atomic E-state index is -0.156. The standard InChI is InChI=1S/C48H34N4O/c1-48(2)39-24-14-12-22-36(39)37-27-26-35(30-40(37)48)52(34-20-10-5-11-21-34)41-28-33(29-43-44(41)38-23-13-15-25-42(38)53-43)47-50-45(31-16-6-3-7-17-31)49-46(51-47)32-18-8-4-9-19-32/h3-30H,1-2H3. The lowest BCUT2D eigenvalue weighted by Crippen LogP contribution is -2.16. The van der Waals surface area contributed by atoms with Gasteiger partial charge in [0.15, 0.2) is 17.5 Å². The number of para-hydroxylation sites is 2. The number of aromatic nitrogens is 3. The Morgan fingerprint density at radius 2 is 1.02 bits per heavy atom. The number of hydrogen-bond donors (Lipinski definition) is 0. The van der Waals surface area contributed by atoms with Crippen LogP contribution in [0.2, 0.25) is 0 Å². The van der Waals surface area contributed by atoms with Gasteiger partial charge in [-0.15, -0.1) is 0 Å². The van der Waals surface area contributed by atoms with Crippen molar-refractivity contribution < 1.29 is 4.42 Å². The van der Waals surface area contributed by atoms with Crippen molar-refractivity contribution >= 4 is 39.0 Å². The maximum absolute atomic E-state index is 6.66. The van der Waals surface area contributed by atoms with Crippen LogP contribution in [-0.4, -0.2) is 15.0 Å². The number of rotatable bonds is 6. The van der Waals surface area contributed by atoms with Gasteiger partial charge in [0.1, 0.15) is 11.2 Å². The normalized spacial score (nSPS) is 12.9. The van der Waals surface area contributed by atoms with Gasteiger partial charge in [-0.25, -0.2) is 15.0 Å². The highest BCUT2D eigenvalue weighted by molar-refractivity contribution is 6.14. The molecule has 0 fully saturated rings. The first-order chi connectivity index (χ1) is 26.0. The van der Waals surface area contributed by atoms with Crippen LogP contribution in [0.3, 0.4) is 0 Å². The van der Waals surface area contributed by atoms with Crippen LogP contribution in [0.1, 0.15) is 25.0 Å². The Morgan fingerprint density at radius 3 is 1.72 bits per heavy atom. The monoisotopic (exact) mass is 682 g/mol. The zero-order chi connectivity index (χ0) is 35.5. The molecule has 7 aromatic carbocycles. The van der Waals surface area contributed by atoms with Crippen molar-refractivity contribution in [3.05, 3.63) is 181 Å². The van der Waals surface area contributed by atoms with Crippen molar-refractivity contribution in [3.8, 4) is 45.3 Å². The fourth-order valence-electron chi connectivity index (χ4n) is 7.91. The number of anilines is 3. The van der Waals surface area contributed by atoms with Crippen molar-refractivity contribution in [3.63, 3.8) is 0 Å². The second-order valence-corrected chi connectivity index (χ2v) is 14.1. The molecular weight excluding hydrogens is 649 g/mol. The van der Waals surface area contributed by atoms with E-state index in [1.165, 1.54) is 22.3 Å². The Morgan fingerprint density at radius 1 is 0.453 bits per heavy atom. The largest absolute Gasteiger partial charge is 0.456 e. The van der Waals surface area contributed by atoms with E-state index in [4.69, 9.17) is 19.4 Å². The number of benzene rings is 7. The fraction of sp³-hybridized carbons (Fsp3) is 0.0625. The van der Waals surface area contributed by atoms with Gasteiger partial charge in [0.25, 0.3) is 0 Å². The minimum absolute atomic E-state index is 0.156. The van der Waals surface area contributed by atoms with Gasteiger partial charge in [-0.2, -0.15) is 0 Å². The third-order valence-corrected chi connectivity index (χ3v) is 10.5. The van der Waals surface area contributed by atoms with Crippen molar-refractivity contribution in [2.75, 3.05) is 4.90 Å². The Kier molecular flexibility index (Phi) is 7.08. The van der Waals surface area contributed by atoms with Gasteiger partial charge in [0.2, 0.25) is 0 Å². The molecule has 53 heavy (non-hydrogen) atoms. The molecule has 0 N–H and O–H groups in total. The molecule has 2 aromatic heterocycles. The Balaban J connectivity index is 1.25. The van der Waals surface area contributed by atoms with Crippen molar-refractivity contribution in [1.82, 2.24) is 15.0 Å². The first-order valence-corrected chi connectivity index (χ1v) is 18.0. The topological polar surface area (TPSA) is 55.1 Å². The smallest absolute Gasteiger partial charge is 0.164 e. The number of nitrogens with zero attached hydrogens (tertiary/aromatic N) is 4. The highest BCUT2D eigenvalue weighted by Crippen LogP contribution is 2.51. The molecule has 252 valence electrons. The second kappa shape index (κ2) is 12.1. The quantitative estimate of drug-likeness (QED) is 0.175. The molecule has 0 spiro atoms. The van der Waals surface area contributed by atoms with E-state index < -0.39 is 0 Å². The molecule has 1 aliphatic carbocycles. The molecule has 2 heterocycles. The van der Waals surface area contributed by atoms with E-state index in [0.29, 0.717) is 17.5 Å². The number of fused-ring (bicyclic) bond motifs is 6. The number of hydrogen-bond acceptors (Lipinski definition) is 5. The summed E-state index contributed by atoms with van der Waals surface area (Å²) >= 11 is 0. The molecule has 0 unspecified atom stereocenters. The van der Waals surface area contributed by atoms with E-state index in [1.54, 1.807) is 0 Å². The predicted molar refractivity (Wildman–Crippen MR) is 216 cm³/mol. The molecule has 0 saturated carbocycles. The van der Waals surface area contributed by atoms with E-state index in [-0.39, 0.29) is 5.41 Å². The molecule has 0 aliphatic heterocycles. The summed E-state index contributed by atoms with van der Waals surface area (Å²) in [6, 6.07) is 59.0. The predicted octanol–water partition coefficient (Wildman–Crippen LogP) is 12.5. The first kappa shape index (κ1) is 30.9. The lowest BCUT2D eigenvalue weighted by molar-refractivity contribution is 0.660. The Hall–Kier alpha value is -6.85. The molecule has 0 amide bonds. The summed E-state index contributed by atoms with van der Waals surface area (Å²) in [5, 5.41) is 2.07. The summed E-state index contributed by atoms with van der Waals surface area (Å²) in [6.07, 6.45) is 0. The average Bonchev–Trinajstić information content (AvgIpc) is 3.71. The van der Waals surface area contributed by atoms with Crippen molar-refractivity contribution in [1.29, 1.82) is 0 Å². The highest BCUT2D eigenvalue weighted by Gasteiger charge is 2.36. The van der Waals surface area contributed by atoms with E-state index in [9.17, 15) is 0 Å². The first-order valence-electron chi connectivity index (χ1n) is 18.0. The molecule has 10 rings (SSSR count). The SMILES string of the molecule is CC1(C)c2ccccc2-c2ccc(N(c3ccccc3)c3cc(-c4nc(-c5ccccc5)nc(-c5ccccc5)n4)cc4oc5ccccc5c34)cc21. The van der Waals surface area contributed by atoms with Crippen LogP contribution >= 0.6 is 0 Å². The van der Waals surface area contributed by atoms with Gasteiger partial charge in [0.05, 0.1) is 11.1 Å². The lowest BCUT2D eigenvalue weighted by atomic mass is 9.82. The zero-order valence-corrected chi connectivity index (χ0v) is 29.4. The molecular formula is C48H34N4O. The zero-order valence-electron chi connectivity index (χ0n) is 29.4. The Bertz CT molecular complexity index is 2750. The highest BCUT2D eigenvalue weighted by atomic mass is 16.3. The van der Waals surface area contributed by atoms with Crippen molar-refractivity contribution in [2.45, 2.75) is 19.3 Å². The second-order valence-electron chi connectivity index (χ2n) is 14.1. The molecule has 0 saturated heterocycles. The Labute approximate surface area is 307 Å². The summed E-state index contributed by atoms with van der Waals surface area (Å²) in [5.41, 5.74) is 12.4. The maximum atomic E-state index is 6.66. The summed E-state index contributed by atoms with van der Waals surface area (Å²) in [7, 11) is 0. The molecule has 5 nitrogen and oxygen atoms in total. The number of furan rings is 1. The maximum Gasteiger partial charge on any atom is 0.164 e. The van der Waals surface area contributed by atoms with Gasteiger partial charge in [-0.05, 0) is 64.7 Å². The van der Waals surface area contributed by atoms with Gasteiger partial charge >= 0.3 is 0 Å². The summed E-state index contributed by atoms with van der Waals surface area (Å²) in [5.74, 6) is 1.79. The van der Waals surface area contributed by atoms with Gasteiger partial charge in [0, 0.05) is 38.9 Å². The molecule has 5 heteroatoms. The minimum Gasteiger partial charge on any atom is -0.456 e. The molecule has 0 bridgehead atoms. The van der Waals surface area contributed by atoms with Crippen LogP contribution < -0.4 is 4.90 Å². The summed E-state index contributed by atoms with van der Waals surface area (Å²) in [4.78, 5) is 17.5. The summed E-state index contributed by atoms with van der Waals surface area (Å²) in [6.45, 7) is 4.65. The molecule has 0 radical (unpaired) electrons. The van der Waals surface area contributed by atoms with Crippen LogP contribution in [0.4, 0.5) is 17.1 Å². The van der Waals surface area contributed by atoms with Crippen molar-refractivity contribution in [2.24, 2.45) is 0 Å². The van der Waals surface area contributed by atoms with Gasteiger partial charge in [-0.3, -0.25) is 0 Å². The average molecular weight is 683 g/mol. The molecule has 1 aliphatic rings. The van der Waals surface area contributed by atoms with Crippen LogP contribution in [-0.2, 0) is 5.41 Å². The van der Waals surface area contributed by atoms with Crippen LogP contribution in [0.15, 0.2) is 174 Å². The van der Waals surface area contributed by atoms with E-state index in [2.05, 4.69) is 116 Å². The van der Waals surface area contributed by atoms with E-state index >= 15 is 0 Å². The molecule has 0 atom stereocenters. The molecule has 9 aromatic rings.